The number of Topliss-reactive ketones (excluding diaryl/α,β-unsaturated/α-hetero) is 1. The summed E-state index contributed by atoms with van der Waals surface area (Å²) in [5.74, 6) is -0.249. The Hall–Kier alpha value is -1.52. The maximum Gasteiger partial charge on any atom is 0.328 e. The van der Waals surface area contributed by atoms with Gasteiger partial charge in [-0.15, -0.1) is 0 Å². The van der Waals surface area contributed by atoms with Crippen molar-refractivity contribution in [2.45, 2.75) is 26.4 Å². The first kappa shape index (κ1) is 14.9. The third-order valence-corrected chi connectivity index (χ3v) is 3.54. The van der Waals surface area contributed by atoms with E-state index in [1.807, 2.05) is 13.8 Å². The van der Waals surface area contributed by atoms with Crippen LogP contribution in [0.5, 0.6) is 0 Å². The SMILES string of the molecule is CC(C)n1ccn(CC(=O)c2cc(Cl)ccc2Cl)c1=O. The van der Waals surface area contributed by atoms with Crippen LogP contribution < -0.4 is 5.69 Å². The van der Waals surface area contributed by atoms with E-state index in [4.69, 9.17) is 23.2 Å². The summed E-state index contributed by atoms with van der Waals surface area (Å²) in [5.41, 5.74) is 0.106. The standard InChI is InChI=1S/C14H14Cl2N2O2/c1-9(2)18-6-5-17(14(18)20)8-13(19)11-7-10(15)3-4-12(11)16/h3-7,9H,8H2,1-2H3. The van der Waals surface area contributed by atoms with Gasteiger partial charge in [0.1, 0.15) is 0 Å². The van der Waals surface area contributed by atoms with E-state index >= 15 is 0 Å². The smallest absolute Gasteiger partial charge is 0.297 e. The Morgan fingerprint density at radius 1 is 1.25 bits per heavy atom. The molecule has 0 aliphatic rings. The van der Waals surface area contributed by atoms with E-state index in [0.29, 0.717) is 15.6 Å². The van der Waals surface area contributed by atoms with Crippen LogP contribution >= 0.6 is 23.2 Å². The van der Waals surface area contributed by atoms with E-state index in [9.17, 15) is 9.59 Å². The summed E-state index contributed by atoms with van der Waals surface area (Å²) in [6.45, 7) is 3.75. The lowest BCUT2D eigenvalue weighted by atomic mass is 10.1. The second-order valence-corrected chi connectivity index (χ2v) is 5.60. The Labute approximate surface area is 126 Å². The fourth-order valence-electron chi connectivity index (χ4n) is 1.89. The highest BCUT2D eigenvalue weighted by Crippen LogP contribution is 2.21. The molecule has 2 rings (SSSR count). The Kier molecular flexibility index (Phi) is 4.35. The number of benzene rings is 1. The molecule has 0 N–H and O–H groups in total. The minimum atomic E-state index is -0.249. The number of nitrogens with zero attached hydrogens (tertiary/aromatic N) is 2. The number of hydrogen-bond acceptors (Lipinski definition) is 2. The third kappa shape index (κ3) is 2.97. The molecule has 0 bridgehead atoms. The Bertz CT molecular complexity index is 701. The highest BCUT2D eigenvalue weighted by atomic mass is 35.5. The second kappa shape index (κ2) is 5.85. The first-order valence-corrected chi connectivity index (χ1v) is 6.91. The predicted molar refractivity (Wildman–Crippen MR) is 79.9 cm³/mol. The van der Waals surface area contributed by atoms with Gasteiger partial charge in [-0.1, -0.05) is 23.2 Å². The largest absolute Gasteiger partial charge is 0.328 e. The predicted octanol–water partition coefficient (Wildman–Crippen LogP) is 3.42. The first-order valence-electron chi connectivity index (χ1n) is 6.15. The van der Waals surface area contributed by atoms with Gasteiger partial charge in [-0.25, -0.2) is 4.79 Å². The fourth-order valence-corrected chi connectivity index (χ4v) is 2.29. The van der Waals surface area contributed by atoms with Crippen LogP contribution in [0.25, 0.3) is 0 Å². The van der Waals surface area contributed by atoms with Gasteiger partial charge in [-0.05, 0) is 32.0 Å². The highest BCUT2D eigenvalue weighted by molar-refractivity contribution is 6.35. The second-order valence-electron chi connectivity index (χ2n) is 4.76. The Morgan fingerprint density at radius 3 is 2.55 bits per heavy atom. The number of carbonyl (C=O) groups is 1. The van der Waals surface area contributed by atoms with Crippen molar-refractivity contribution in [3.8, 4) is 0 Å². The van der Waals surface area contributed by atoms with Crippen molar-refractivity contribution in [1.82, 2.24) is 9.13 Å². The molecule has 106 valence electrons. The monoisotopic (exact) mass is 312 g/mol. The zero-order chi connectivity index (χ0) is 14.9. The molecule has 0 amide bonds. The van der Waals surface area contributed by atoms with Gasteiger partial charge in [0.25, 0.3) is 0 Å². The van der Waals surface area contributed by atoms with Crippen LogP contribution in [0.1, 0.15) is 30.2 Å². The number of halogens is 2. The summed E-state index contributed by atoms with van der Waals surface area (Å²) in [6.07, 6.45) is 3.26. The molecule has 1 heterocycles. The number of hydrogen-bond donors (Lipinski definition) is 0. The number of imidazole rings is 1. The molecular formula is C14H14Cl2N2O2. The van der Waals surface area contributed by atoms with Crippen molar-refractivity contribution >= 4 is 29.0 Å². The molecule has 1 aromatic heterocycles. The van der Waals surface area contributed by atoms with Gasteiger partial charge in [-0.2, -0.15) is 0 Å². The van der Waals surface area contributed by atoms with Crippen LogP contribution in [0, 0.1) is 0 Å². The summed E-state index contributed by atoms with van der Waals surface area (Å²) in [4.78, 5) is 24.3. The van der Waals surface area contributed by atoms with Gasteiger partial charge >= 0.3 is 5.69 Å². The average molecular weight is 313 g/mol. The van der Waals surface area contributed by atoms with E-state index in [1.165, 1.54) is 10.6 Å². The van der Waals surface area contributed by atoms with Crippen molar-refractivity contribution in [1.29, 1.82) is 0 Å². The lowest BCUT2D eigenvalue weighted by molar-refractivity contribution is 0.0970. The normalized spacial score (nSPS) is 11.1. The van der Waals surface area contributed by atoms with Crippen LogP contribution in [0.15, 0.2) is 35.4 Å². The lowest BCUT2D eigenvalue weighted by Crippen LogP contribution is -2.27. The van der Waals surface area contributed by atoms with Gasteiger partial charge in [0.05, 0.1) is 11.6 Å². The summed E-state index contributed by atoms with van der Waals surface area (Å²) in [7, 11) is 0. The van der Waals surface area contributed by atoms with E-state index in [-0.39, 0.29) is 24.1 Å². The molecule has 0 saturated heterocycles. The molecule has 0 spiro atoms. The molecule has 0 unspecified atom stereocenters. The van der Waals surface area contributed by atoms with Crippen LogP contribution in [-0.4, -0.2) is 14.9 Å². The Morgan fingerprint density at radius 2 is 1.95 bits per heavy atom. The molecule has 2 aromatic rings. The third-order valence-electron chi connectivity index (χ3n) is 2.97. The van der Waals surface area contributed by atoms with Crippen LogP contribution in [0.4, 0.5) is 0 Å². The van der Waals surface area contributed by atoms with Gasteiger partial charge < -0.3 is 0 Å². The van der Waals surface area contributed by atoms with E-state index in [0.717, 1.165) is 0 Å². The molecule has 1 aromatic carbocycles. The van der Waals surface area contributed by atoms with Crippen molar-refractivity contribution in [2.24, 2.45) is 0 Å². The maximum absolute atomic E-state index is 12.2. The van der Waals surface area contributed by atoms with Crippen molar-refractivity contribution in [3.63, 3.8) is 0 Å². The number of aromatic nitrogens is 2. The molecule has 0 saturated carbocycles. The summed E-state index contributed by atoms with van der Waals surface area (Å²) in [6, 6.07) is 4.74. The van der Waals surface area contributed by atoms with Crippen molar-refractivity contribution < 1.29 is 4.79 Å². The molecule has 0 aliphatic heterocycles. The van der Waals surface area contributed by atoms with Gasteiger partial charge in [0.15, 0.2) is 5.78 Å². The van der Waals surface area contributed by atoms with E-state index in [1.54, 1.807) is 29.1 Å². The summed E-state index contributed by atoms with van der Waals surface area (Å²) in [5, 5.41) is 0.764. The average Bonchev–Trinajstić information content (AvgIpc) is 2.74. The minimum Gasteiger partial charge on any atom is -0.297 e. The zero-order valence-electron chi connectivity index (χ0n) is 11.1. The van der Waals surface area contributed by atoms with Gasteiger partial charge in [-0.3, -0.25) is 13.9 Å². The van der Waals surface area contributed by atoms with E-state index in [2.05, 4.69) is 0 Å². The van der Waals surface area contributed by atoms with Crippen molar-refractivity contribution in [2.75, 3.05) is 0 Å². The van der Waals surface area contributed by atoms with Gasteiger partial charge in [0, 0.05) is 29.0 Å². The molecule has 0 radical (unpaired) electrons. The molecule has 0 aliphatic carbocycles. The van der Waals surface area contributed by atoms with Crippen molar-refractivity contribution in [3.05, 3.63) is 56.7 Å². The Balaban J connectivity index is 2.28. The highest BCUT2D eigenvalue weighted by Gasteiger charge is 2.14. The fraction of sp³-hybridized carbons (Fsp3) is 0.286. The number of carbonyl (C=O) groups excluding carboxylic acids is 1. The van der Waals surface area contributed by atoms with Crippen LogP contribution in [-0.2, 0) is 6.54 Å². The number of ketones is 1. The summed E-state index contributed by atoms with van der Waals surface area (Å²) >= 11 is 11.8. The number of rotatable bonds is 4. The van der Waals surface area contributed by atoms with Gasteiger partial charge in [0.2, 0.25) is 0 Å². The van der Waals surface area contributed by atoms with Crippen LogP contribution in [0.2, 0.25) is 10.0 Å². The molecule has 6 heteroatoms. The van der Waals surface area contributed by atoms with E-state index < -0.39 is 0 Å². The first-order chi connectivity index (χ1) is 9.40. The molecule has 20 heavy (non-hydrogen) atoms. The molecule has 0 fully saturated rings. The topological polar surface area (TPSA) is 44.0 Å². The quantitative estimate of drug-likeness (QED) is 0.812. The minimum absolute atomic E-state index is 0.0496. The maximum atomic E-state index is 12.2. The lowest BCUT2D eigenvalue weighted by Gasteiger charge is -2.06. The molecular weight excluding hydrogens is 299 g/mol. The molecule has 0 atom stereocenters. The van der Waals surface area contributed by atoms with Crippen LogP contribution in [0.3, 0.4) is 0 Å². The zero-order valence-corrected chi connectivity index (χ0v) is 12.6. The molecule has 4 nitrogen and oxygen atoms in total. The summed E-state index contributed by atoms with van der Waals surface area (Å²) < 4.78 is 2.92.